The molecule has 0 aromatic heterocycles. The fourth-order valence-electron chi connectivity index (χ4n) is 1.86. The number of aliphatic hydroxyl groups excluding tert-OH is 1. The summed E-state index contributed by atoms with van der Waals surface area (Å²) in [6, 6.07) is 7.12. The molecule has 0 amide bonds. The summed E-state index contributed by atoms with van der Waals surface area (Å²) in [4.78, 5) is 11.7. The van der Waals surface area contributed by atoms with Gasteiger partial charge in [-0.3, -0.25) is 4.79 Å². The van der Waals surface area contributed by atoms with E-state index in [0.717, 1.165) is 0 Å². The summed E-state index contributed by atoms with van der Waals surface area (Å²) < 4.78 is 9.98. The minimum absolute atomic E-state index is 0.0482. The van der Waals surface area contributed by atoms with Gasteiger partial charge in [0.1, 0.15) is 23.9 Å². The van der Waals surface area contributed by atoms with Crippen LogP contribution in [0.2, 0.25) is 0 Å². The van der Waals surface area contributed by atoms with E-state index in [1.165, 1.54) is 0 Å². The highest BCUT2D eigenvalue weighted by Gasteiger charge is 2.49. The van der Waals surface area contributed by atoms with E-state index in [1.54, 1.807) is 38.3 Å². The molecule has 1 aliphatic heterocycles. The number of rotatable bonds is 2. The fourth-order valence-corrected chi connectivity index (χ4v) is 1.86. The highest BCUT2D eigenvalue weighted by molar-refractivity contribution is 5.85. The zero-order valence-corrected chi connectivity index (χ0v) is 9.27. The Bertz CT molecular complexity index is 415. The minimum atomic E-state index is -0.992. The third kappa shape index (κ3) is 1.46. The van der Waals surface area contributed by atoms with Crippen molar-refractivity contribution in [1.82, 2.24) is 0 Å². The van der Waals surface area contributed by atoms with E-state index in [-0.39, 0.29) is 6.61 Å². The van der Waals surface area contributed by atoms with Gasteiger partial charge in [0.25, 0.3) is 0 Å². The molecule has 86 valence electrons. The zero-order valence-electron chi connectivity index (χ0n) is 9.27. The molecule has 1 aromatic rings. The quantitative estimate of drug-likeness (QED) is 0.754. The number of cyclic esters (lactones) is 1. The van der Waals surface area contributed by atoms with Gasteiger partial charge in [-0.2, -0.15) is 0 Å². The van der Waals surface area contributed by atoms with Gasteiger partial charge < -0.3 is 14.6 Å². The average molecular weight is 222 g/mol. The van der Waals surface area contributed by atoms with Gasteiger partial charge in [0.2, 0.25) is 0 Å². The van der Waals surface area contributed by atoms with Crippen LogP contribution in [0, 0.1) is 0 Å². The molecular formula is C12H14O4. The molecule has 4 heteroatoms. The molecule has 2 rings (SSSR count). The minimum Gasteiger partial charge on any atom is -0.497 e. The number of ether oxygens (including phenoxy) is 2. The van der Waals surface area contributed by atoms with Crippen LogP contribution in [0.25, 0.3) is 0 Å². The molecule has 2 atom stereocenters. The van der Waals surface area contributed by atoms with Gasteiger partial charge in [0, 0.05) is 0 Å². The van der Waals surface area contributed by atoms with Gasteiger partial charge in [-0.15, -0.1) is 0 Å². The van der Waals surface area contributed by atoms with Gasteiger partial charge in [0.05, 0.1) is 7.11 Å². The van der Waals surface area contributed by atoms with Crippen LogP contribution in [0.5, 0.6) is 5.75 Å². The highest BCUT2D eigenvalue weighted by atomic mass is 16.6. The SMILES string of the molecule is COc1cccc(C2(C)C(=O)OCC2O)c1. The second kappa shape index (κ2) is 3.79. The summed E-state index contributed by atoms with van der Waals surface area (Å²) in [5.41, 5.74) is -0.281. The van der Waals surface area contributed by atoms with Gasteiger partial charge in [-0.05, 0) is 24.6 Å². The Labute approximate surface area is 93.8 Å². The van der Waals surface area contributed by atoms with Crippen molar-refractivity contribution in [1.29, 1.82) is 0 Å². The highest BCUT2D eigenvalue weighted by Crippen LogP contribution is 2.35. The third-order valence-corrected chi connectivity index (χ3v) is 3.13. The Kier molecular flexibility index (Phi) is 2.59. The van der Waals surface area contributed by atoms with Gasteiger partial charge in [-0.1, -0.05) is 12.1 Å². The number of carbonyl (C=O) groups is 1. The third-order valence-electron chi connectivity index (χ3n) is 3.13. The number of esters is 1. The van der Waals surface area contributed by atoms with Crippen LogP contribution in [0.1, 0.15) is 12.5 Å². The van der Waals surface area contributed by atoms with Gasteiger partial charge >= 0.3 is 5.97 Å². The van der Waals surface area contributed by atoms with Crippen molar-refractivity contribution in [3.05, 3.63) is 29.8 Å². The number of hydrogen-bond acceptors (Lipinski definition) is 4. The summed E-state index contributed by atoms with van der Waals surface area (Å²) in [7, 11) is 1.56. The molecule has 0 bridgehead atoms. The number of benzene rings is 1. The Hall–Kier alpha value is -1.55. The lowest BCUT2D eigenvalue weighted by molar-refractivity contribution is -0.142. The molecule has 0 spiro atoms. The molecule has 0 radical (unpaired) electrons. The van der Waals surface area contributed by atoms with E-state index >= 15 is 0 Å². The van der Waals surface area contributed by atoms with Crippen molar-refractivity contribution < 1.29 is 19.4 Å². The lowest BCUT2D eigenvalue weighted by Crippen LogP contribution is -2.38. The average Bonchev–Trinajstić information content (AvgIpc) is 2.58. The van der Waals surface area contributed by atoms with Crippen molar-refractivity contribution in [3.8, 4) is 5.75 Å². The van der Waals surface area contributed by atoms with E-state index in [1.807, 2.05) is 0 Å². The Morgan fingerprint density at radius 2 is 2.31 bits per heavy atom. The van der Waals surface area contributed by atoms with Crippen molar-refractivity contribution in [2.24, 2.45) is 0 Å². The maximum atomic E-state index is 11.7. The normalized spacial score (nSPS) is 28.9. The topological polar surface area (TPSA) is 55.8 Å². The maximum absolute atomic E-state index is 11.7. The largest absolute Gasteiger partial charge is 0.497 e. The predicted octanol–water partition coefficient (Wildman–Crippen LogP) is 0.871. The molecule has 1 aliphatic rings. The second-order valence-electron chi connectivity index (χ2n) is 4.05. The van der Waals surface area contributed by atoms with Crippen LogP contribution in [0.15, 0.2) is 24.3 Å². The Balaban J connectivity index is 2.45. The lowest BCUT2D eigenvalue weighted by Gasteiger charge is -2.23. The van der Waals surface area contributed by atoms with Crippen LogP contribution in [-0.2, 0) is 14.9 Å². The zero-order chi connectivity index (χ0) is 11.8. The van der Waals surface area contributed by atoms with Crippen molar-refractivity contribution in [2.45, 2.75) is 18.4 Å². The van der Waals surface area contributed by atoms with E-state index in [9.17, 15) is 9.90 Å². The van der Waals surface area contributed by atoms with E-state index in [4.69, 9.17) is 9.47 Å². The first kappa shape index (κ1) is 11.0. The van der Waals surface area contributed by atoms with Crippen LogP contribution < -0.4 is 4.74 Å². The number of hydrogen-bond donors (Lipinski definition) is 1. The standard InChI is InChI=1S/C12H14O4/c1-12(10(13)7-16-11(12)14)8-4-3-5-9(6-8)15-2/h3-6,10,13H,7H2,1-2H3. The number of aliphatic hydroxyl groups is 1. The van der Waals surface area contributed by atoms with Crippen LogP contribution in [0.4, 0.5) is 0 Å². The lowest BCUT2D eigenvalue weighted by atomic mass is 9.79. The number of methoxy groups -OCH3 is 1. The predicted molar refractivity (Wildman–Crippen MR) is 57.3 cm³/mol. The van der Waals surface area contributed by atoms with E-state index in [2.05, 4.69) is 0 Å². The molecule has 4 nitrogen and oxygen atoms in total. The van der Waals surface area contributed by atoms with E-state index < -0.39 is 17.5 Å². The summed E-state index contributed by atoms with van der Waals surface area (Å²) in [6.07, 6.45) is -0.813. The van der Waals surface area contributed by atoms with Crippen LogP contribution in [-0.4, -0.2) is 30.9 Å². The summed E-state index contributed by atoms with van der Waals surface area (Å²) in [6.45, 7) is 1.73. The molecule has 1 N–H and O–H groups in total. The first-order valence-corrected chi connectivity index (χ1v) is 5.09. The molecule has 1 fully saturated rings. The van der Waals surface area contributed by atoms with Crippen molar-refractivity contribution >= 4 is 5.97 Å². The molecule has 0 saturated carbocycles. The first-order chi connectivity index (χ1) is 7.59. The summed E-state index contributed by atoms with van der Waals surface area (Å²) >= 11 is 0. The Morgan fingerprint density at radius 3 is 2.88 bits per heavy atom. The molecular weight excluding hydrogens is 208 g/mol. The van der Waals surface area contributed by atoms with Gasteiger partial charge in [0.15, 0.2) is 0 Å². The second-order valence-corrected chi connectivity index (χ2v) is 4.05. The molecule has 16 heavy (non-hydrogen) atoms. The van der Waals surface area contributed by atoms with Crippen molar-refractivity contribution in [3.63, 3.8) is 0 Å². The number of carbonyl (C=O) groups excluding carboxylic acids is 1. The Morgan fingerprint density at radius 1 is 1.56 bits per heavy atom. The maximum Gasteiger partial charge on any atom is 0.319 e. The first-order valence-electron chi connectivity index (χ1n) is 5.09. The summed E-state index contributed by atoms with van der Waals surface area (Å²) in [5.74, 6) is 0.263. The van der Waals surface area contributed by atoms with Crippen LogP contribution in [0.3, 0.4) is 0 Å². The van der Waals surface area contributed by atoms with Crippen molar-refractivity contribution in [2.75, 3.05) is 13.7 Å². The smallest absolute Gasteiger partial charge is 0.319 e. The molecule has 0 aliphatic carbocycles. The summed E-state index contributed by atoms with van der Waals surface area (Å²) in [5, 5.41) is 9.85. The molecule has 1 heterocycles. The van der Waals surface area contributed by atoms with E-state index in [0.29, 0.717) is 11.3 Å². The monoisotopic (exact) mass is 222 g/mol. The van der Waals surface area contributed by atoms with Gasteiger partial charge in [-0.25, -0.2) is 0 Å². The molecule has 1 aromatic carbocycles. The molecule has 1 saturated heterocycles. The molecule has 2 unspecified atom stereocenters. The fraction of sp³-hybridized carbons (Fsp3) is 0.417. The van der Waals surface area contributed by atoms with Crippen LogP contribution >= 0.6 is 0 Å².